The van der Waals surface area contributed by atoms with Gasteiger partial charge in [0.05, 0.1) is 5.56 Å². The summed E-state index contributed by atoms with van der Waals surface area (Å²) < 4.78 is 0. The Morgan fingerprint density at radius 3 is 2.57 bits per heavy atom. The van der Waals surface area contributed by atoms with Crippen molar-refractivity contribution >= 4 is 5.91 Å². The lowest BCUT2D eigenvalue weighted by molar-refractivity contribution is 0.0953. The summed E-state index contributed by atoms with van der Waals surface area (Å²) in [6.45, 7) is 0.547. The number of pyridine rings is 2. The highest BCUT2D eigenvalue weighted by atomic mass is 16.1. The van der Waals surface area contributed by atoms with Crippen molar-refractivity contribution in [1.82, 2.24) is 15.3 Å². The number of rotatable bonds is 5. The van der Waals surface area contributed by atoms with E-state index in [1.807, 2.05) is 54.6 Å². The number of carbonyl (C=O) groups is 1. The summed E-state index contributed by atoms with van der Waals surface area (Å²) in [5.74, 6) is -0.119. The fraction of sp³-hybridized carbons (Fsp3) is 0.105. The third kappa shape index (κ3) is 4.01. The first kappa shape index (κ1) is 14.9. The number of aromatic nitrogens is 2. The van der Waals surface area contributed by atoms with Gasteiger partial charge in [0, 0.05) is 42.8 Å². The van der Waals surface area contributed by atoms with Crippen molar-refractivity contribution in [3.63, 3.8) is 0 Å². The van der Waals surface area contributed by atoms with Crippen LogP contribution in [0.1, 0.15) is 16.1 Å². The third-order valence-electron chi connectivity index (χ3n) is 3.50. The van der Waals surface area contributed by atoms with E-state index in [-0.39, 0.29) is 5.91 Å². The van der Waals surface area contributed by atoms with Crippen LogP contribution in [0.15, 0.2) is 73.2 Å². The average molecular weight is 303 g/mol. The molecule has 3 rings (SSSR count). The van der Waals surface area contributed by atoms with E-state index in [2.05, 4.69) is 15.3 Å². The van der Waals surface area contributed by atoms with Crippen molar-refractivity contribution in [2.45, 2.75) is 6.42 Å². The van der Waals surface area contributed by atoms with Crippen LogP contribution < -0.4 is 5.32 Å². The van der Waals surface area contributed by atoms with Crippen molar-refractivity contribution in [3.05, 3.63) is 84.4 Å². The van der Waals surface area contributed by atoms with Crippen molar-refractivity contribution in [2.75, 3.05) is 6.54 Å². The molecule has 0 bridgehead atoms. The molecule has 0 saturated carbocycles. The first-order valence-corrected chi connectivity index (χ1v) is 7.51. The zero-order chi connectivity index (χ0) is 15.9. The van der Waals surface area contributed by atoms with Gasteiger partial charge in [0.2, 0.25) is 0 Å². The van der Waals surface area contributed by atoms with Gasteiger partial charge in [0.25, 0.3) is 5.91 Å². The van der Waals surface area contributed by atoms with Gasteiger partial charge in [-0.3, -0.25) is 14.8 Å². The number of amides is 1. The molecule has 114 valence electrons. The van der Waals surface area contributed by atoms with Crippen LogP contribution in [-0.4, -0.2) is 22.4 Å². The van der Waals surface area contributed by atoms with Crippen LogP contribution in [0, 0.1) is 0 Å². The fourth-order valence-corrected chi connectivity index (χ4v) is 2.30. The minimum atomic E-state index is -0.119. The highest BCUT2D eigenvalue weighted by Gasteiger charge is 2.07. The fourth-order valence-electron chi connectivity index (χ4n) is 2.30. The van der Waals surface area contributed by atoms with Gasteiger partial charge in [-0.2, -0.15) is 0 Å². The van der Waals surface area contributed by atoms with Gasteiger partial charge in [0.1, 0.15) is 0 Å². The molecule has 2 aromatic heterocycles. The largest absolute Gasteiger partial charge is 0.352 e. The van der Waals surface area contributed by atoms with E-state index in [0.29, 0.717) is 18.5 Å². The van der Waals surface area contributed by atoms with Crippen LogP contribution in [0.5, 0.6) is 0 Å². The number of carbonyl (C=O) groups excluding carboxylic acids is 1. The smallest absolute Gasteiger partial charge is 0.252 e. The molecule has 0 aliphatic rings. The topological polar surface area (TPSA) is 54.9 Å². The molecule has 23 heavy (non-hydrogen) atoms. The summed E-state index contributed by atoms with van der Waals surface area (Å²) in [4.78, 5) is 20.7. The van der Waals surface area contributed by atoms with Crippen LogP contribution in [-0.2, 0) is 6.42 Å². The quantitative estimate of drug-likeness (QED) is 0.788. The highest BCUT2D eigenvalue weighted by molar-refractivity contribution is 5.95. The first-order chi connectivity index (χ1) is 11.3. The zero-order valence-electron chi connectivity index (χ0n) is 12.6. The second-order valence-electron chi connectivity index (χ2n) is 5.16. The number of hydrogen-bond donors (Lipinski definition) is 1. The van der Waals surface area contributed by atoms with Gasteiger partial charge >= 0.3 is 0 Å². The summed E-state index contributed by atoms with van der Waals surface area (Å²) in [5.41, 5.74) is 3.50. The van der Waals surface area contributed by atoms with Crippen LogP contribution >= 0.6 is 0 Å². The zero-order valence-corrected chi connectivity index (χ0v) is 12.6. The summed E-state index contributed by atoms with van der Waals surface area (Å²) in [5, 5.41) is 2.91. The second kappa shape index (κ2) is 7.31. The first-order valence-electron chi connectivity index (χ1n) is 7.51. The SMILES string of the molecule is O=C(NCCc1ccccn1)c1cncc(-c2ccccc2)c1. The van der Waals surface area contributed by atoms with Crippen molar-refractivity contribution < 1.29 is 4.79 Å². The van der Waals surface area contributed by atoms with Gasteiger partial charge in [-0.15, -0.1) is 0 Å². The molecule has 2 heterocycles. The Balaban J connectivity index is 1.64. The van der Waals surface area contributed by atoms with E-state index in [4.69, 9.17) is 0 Å². The lowest BCUT2D eigenvalue weighted by Gasteiger charge is -2.07. The molecule has 0 radical (unpaired) electrons. The lowest BCUT2D eigenvalue weighted by atomic mass is 10.1. The normalized spacial score (nSPS) is 10.3. The third-order valence-corrected chi connectivity index (χ3v) is 3.50. The minimum absolute atomic E-state index is 0.119. The molecule has 0 unspecified atom stereocenters. The Bertz CT molecular complexity index is 773. The molecule has 1 N–H and O–H groups in total. The maximum atomic E-state index is 12.2. The molecule has 1 aromatic carbocycles. The van der Waals surface area contributed by atoms with Gasteiger partial charge < -0.3 is 5.32 Å². The molecular weight excluding hydrogens is 286 g/mol. The van der Waals surface area contributed by atoms with Gasteiger partial charge in [0.15, 0.2) is 0 Å². The lowest BCUT2D eigenvalue weighted by Crippen LogP contribution is -2.26. The average Bonchev–Trinajstić information content (AvgIpc) is 2.63. The Morgan fingerprint density at radius 1 is 0.957 bits per heavy atom. The maximum absolute atomic E-state index is 12.2. The molecule has 4 nitrogen and oxygen atoms in total. The van der Waals surface area contributed by atoms with Crippen molar-refractivity contribution in [3.8, 4) is 11.1 Å². The minimum Gasteiger partial charge on any atom is -0.352 e. The molecule has 0 aliphatic carbocycles. The molecule has 4 heteroatoms. The molecule has 0 spiro atoms. The Morgan fingerprint density at radius 2 is 1.78 bits per heavy atom. The van der Waals surface area contributed by atoms with Gasteiger partial charge in [-0.05, 0) is 23.8 Å². The number of nitrogens with zero attached hydrogens (tertiary/aromatic N) is 2. The standard InChI is InChI=1S/C19H17N3O/c23-19(22-11-9-18-8-4-5-10-21-18)17-12-16(13-20-14-17)15-6-2-1-3-7-15/h1-8,10,12-14H,9,11H2,(H,22,23). The van der Waals surface area contributed by atoms with Gasteiger partial charge in [-0.25, -0.2) is 0 Å². The number of hydrogen-bond acceptors (Lipinski definition) is 3. The summed E-state index contributed by atoms with van der Waals surface area (Å²) in [7, 11) is 0. The van der Waals surface area contributed by atoms with Crippen molar-refractivity contribution in [2.24, 2.45) is 0 Å². The van der Waals surface area contributed by atoms with Crippen molar-refractivity contribution in [1.29, 1.82) is 0 Å². The van der Waals surface area contributed by atoms with E-state index in [1.165, 1.54) is 0 Å². The Kier molecular flexibility index (Phi) is 4.74. The van der Waals surface area contributed by atoms with E-state index in [1.54, 1.807) is 18.6 Å². The summed E-state index contributed by atoms with van der Waals surface area (Å²) >= 11 is 0. The Labute approximate surface area is 135 Å². The monoisotopic (exact) mass is 303 g/mol. The van der Waals surface area contributed by atoms with E-state index in [0.717, 1.165) is 16.8 Å². The molecular formula is C19H17N3O. The molecule has 3 aromatic rings. The van der Waals surface area contributed by atoms with Gasteiger partial charge in [-0.1, -0.05) is 36.4 Å². The van der Waals surface area contributed by atoms with E-state index < -0.39 is 0 Å². The predicted octanol–water partition coefficient (Wildman–Crippen LogP) is 3.12. The second-order valence-corrected chi connectivity index (χ2v) is 5.16. The van der Waals surface area contributed by atoms with E-state index >= 15 is 0 Å². The predicted molar refractivity (Wildman–Crippen MR) is 89.9 cm³/mol. The Hall–Kier alpha value is -3.01. The number of benzene rings is 1. The van der Waals surface area contributed by atoms with Crippen LogP contribution in [0.3, 0.4) is 0 Å². The molecule has 1 amide bonds. The number of nitrogens with one attached hydrogen (secondary N) is 1. The summed E-state index contributed by atoms with van der Waals surface area (Å²) in [6.07, 6.45) is 5.81. The van der Waals surface area contributed by atoms with Crippen LogP contribution in [0.2, 0.25) is 0 Å². The van der Waals surface area contributed by atoms with Crippen LogP contribution in [0.25, 0.3) is 11.1 Å². The molecule has 0 atom stereocenters. The molecule has 0 saturated heterocycles. The van der Waals surface area contributed by atoms with E-state index in [9.17, 15) is 4.79 Å². The molecule has 0 fully saturated rings. The maximum Gasteiger partial charge on any atom is 0.252 e. The molecule has 0 aliphatic heterocycles. The summed E-state index contributed by atoms with van der Waals surface area (Å²) in [6, 6.07) is 17.5. The highest BCUT2D eigenvalue weighted by Crippen LogP contribution is 2.18. The van der Waals surface area contributed by atoms with Crippen LogP contribution in [0.4, 0.5) is 0 Å².